The molecule has 2 aromatic rings. The molecule has 1 heterocycles. The first-order chi connectivity index (χ1) is 13.9. The number of aliphatic hydroxyl groups is 1. The number of methoxy groups -OCH3 is 1. The molecule has 2 aromatic carbocycles. The van der Waals surface area contributed by atoms with Gasteiger partial charge in [0, 0.05) is 36.9 Å². The highest BCUT2D eigenvalue weighted by Gasteiger charge is 2.25. The van der Waals surface area contributed by atoms with E-state index in [4.69, 9.17) is 21.7 Å². The molecule has 0 amide bonds. The Balaban J connectivity index is 1.74. The zero-order valence-electron chi connectivity index (χ0n) is 17.2. The van der Waals surface area contributed by atoms with Crippen LogP contribution in [0.2, 0.25) is 5.02 Å². The number of ether oxygens (including phenoxy) is 1. The minimum Gasteiger partial charge on any atom is -0.495 e. The van der Waals surface area contributed by atoms with E-state index in [1.165, 1.54) is 0 Å². The van der Waals surface area contributed by atoms with E-state index in [0.29, 0.717) is 30.6 Å². The Morgan fingerprint density at radius 2 is 1.90 bits per heavy atom. The van der Waals surface area contributed by atoms with Crippen LogP contribution in [0.15, 0.2) is 42.5 Å². The van der Waals surface area contributed by atoms with Crippen LogP contribution in [0.5, 0.6) is 5.75 Å². The van der Waals surface area contributed by atoms with Crippen molar-refractivity contribution in [1.29, 1.82) is 5.41 Å². The quantitative estimate of drug-likeness (QED) is 0.576. The average Bonchev–Trinajstić information content (AvgIpc) is 2.70. The third kappa shape index (κ3) is 5.14. The Morgan fingerprint density at radius 3 is 2.52 bits per heavy atom. The van der Waals surface area contributed by atoms with Crippen molar-refractivity contribution in [3.63, 3.8) is 0 Å². The number of rotatable bonds is 5. The number of nitrogens with one attached hydrogen (secondary N) is 1. The van der Waals surface area contributed by atoms with Gasteiger partial charge in [0.1, 0.15) is 5.75 Å². The number of benzene rings is 2. The monoisotopic (exact) mass is 416 g/mol. The molecule has 29 heavy (non-hydrogen) atoms. The number of nitrogens with zero attached hydrogens (tertiary/aromatic N) is 3. The third-order valence-corrected chi connectivity index (χ3v) is 5.26. The highest BCUT2D eigenvalue weighted by atomic mass is 35.5. The molecule has 1 fully saturated rings. The van der Waals surface area contributed by atoms with Crippen LogP contribution in [0.4, 0.5) is 11.4 Å². The van der Waals surface area contributed by atoms with Crippen LogP contribution in [0, 0.1) is 12.3 Å². The predicted molar refractivity (Wildman–Crippen MR) is 120 cm³/mol. The lowest BCUT2D eigenvalue weighted by Gasteiger charge is -2.41. The topological polar surface area (TPSA) is 63.0 Å². The lowest BCUT2D eigenvalue weighted by Crippen LogP contribution is -2.54. The Bertz CT molecular complexity index is 830. The molecule has 1 aliphatic rings. The molecule has 0 radical (unpaired) electrons. The number of halogens is 1. The largest absolute Gasteiger partial charge is 0.495 e. The summed E-state index contributed by atoms with van der Waals surface area (Å²) < 4.78 is 5.49. The summed E-state index contributed by atoms with van der Waals surface area (Å²) in [6.45, 7) is 7.06. The van der Waals surface area contributed by atoms with Gasteiger partial charge in [-0.3, -0.25) is 5.41 Å². The van der Waals surface area contributed by atoms with Crippen LogP contribution in [-0.2, 0) is 0 Å². The van der Waals surface area contributed by atoms with E-state index in [-0.39, 0.29) is 0 Å². The number of aryl methyl sites for hydroxylation is 1. The van der Waals surface area contributed by atoms with Crippen molar-refractivity contribution in [1.82, 2.24) is 4.90 Å². The summed E-state index contributed by atoms with van der Waals surface area (Å²) in [5.74, 6) is 1.24. The smallest absolute Gasteiger partial charge is 0.198 e. The fraction of sp³-hybridized carbons (Fsp3) is 0.409. The van der Waals surface area contributed by atoms with Gasteiger partial charge in [0.05, 0.1) is 25.4 Å². The van der Waals surface area contributed by atoms with E-state index < -0.39 is 6.10 Å². The van der Waals surface area contributed by atoms with Gasteiger partial charge in [0.2, 0.25) is 0 Å². The van der Waals surface area contributed by atoms with Gasteiger partial charge in [0.25, 0.3) is 0 Å². The van der Waals surface area contributed by atoms with Gasteiger partial charge < -0.3 is 24.5 Å². The first kappa shape index (κ1) is 21.3. The normalized spacial score (nSPS) is 15.2. The average molecular weight is 417 g/mol. The lowest BCUT2D eigenvalue weighted by atomic mass is 10.2. The SMILES string of the molecule is COc1ccccc1N1CCN(C(=N)N(CC(C)O)c2cc(C)cc(Cl)c2)CC1. The maximum atomic E-state index is 10.0. The molecule has 1 saturated heterocycles. The Morgan fingerprint density at radius 1 is 1.21 bits per heavy atom. The van der Waals surface area contributed by atoms with Crippen LogP contribution >= 0.6 is 11.6 Å². The molecule has 1 atom stereocenters. The maximum Gasteiger partial charge on any atom is 0.198 e. The van der Waals surface area contributed by atoms with E-state index in [2.05, 4.69) is 11.0 Å². The molecule has 3 rings (SSSR count). The van der Waals surface area contributed by atoms with Gasteiger partial charge in [-0.05, 0) is 49.7 Å². The summed E-state index contributed by atoms with van der Waals surface area (Å²) in [7, 11) is 1.69. The number of hydrogen-bond acceptors (Lipinski definition) is 4. The second kappa shape index (κ2) is 9.37. The molecular formula is C22H29ClN4O2. The second-order valence-electron chi connectivity index (χ2n) is 7.42. The van der Waals surface area contributed by atoms with Gasteiger partial charge >= 0.3 is 0 Å². The number of piperazine rings is 1. The molecule has 1 unspecified atom stereocenters. The highest BCUT2D eigenvalue weighted by molar-refractivity contribution is 6.31. The summed E-state index contributed by atoms with van der Waals surface area (Å²) in [4.78, 5) is 6.16. The van der Waals surface area contributed by atoms with Crippen LogP contribution in [0.3, 0.4) is 0 Å². The minimum atomic E-state index is -0.565. The van der Waals surface area contributed by atoms with Crippen LogP contribution < -0.4 is 14.5 Å². The highest BCUT2D eigenvalue weighted by Crippen LogP contribution is 2.29. The van der Waals surface area contributed by atoms with Gasteiger partial charge in [-0.1, -0.05) is 23.7 Å². The number of hydrogen-bond donors (Lipinski definition) is 2. The lowest BCUT2D eigenvalue weighted by molar-refractivity contribution is 0.202. The minimum absolute atomic E-state index is 0.339. The van der Waals surface area contributed by atoms with Crippen molar-refractivity contribution in [3.05, 3.63) is 53.1 Å². The standard InChI is InChI=1S/C22H29ClN4O2/c1-16-12-18(23)14-19(13-16)27(15-17(2)28)22(24)26-10-8-25(9-11-26)20-6-4-5-7-21(20)29-3/h4-7,12-14,17,24,28H,8-11,15H2,1-3H3. The number of guanidine groups is 1. The molecule has 0 bridgehead atoms. The zero-order valence-corrected chi connectivity index (χ0v) is 18.0. The molecule has 0 spiro atoms. The fourth-order valence-electron chi connectivity index (χ4n) is 3.67. The summed E-state index contributed by atoms with van der Waals surface area (Å²) in [5.41, 5.74) is 2.93. The van der Waals surface area contributed by atoms with E-state index in [1.54, 1.807) is 14.0 Å². The van der Waals surface area contributed by atoms with Crippen molar-refractivity contribution >= 4 is 28.9 Å². The van der Waals surface area contributed by atoms with Crippen LogP contribution in [0.25, 0.3) is 0 Å². The van der Waals surface area contributed by atoms with Crippen LogP contribution in [-0.4, -0.2) is 61.9 Å². The molecule has 0 aromatic heterocycles. The van der Waals surface area contributed by atoms with Crippen molar-refractivity contribution in [2.45, 2.75) is 20.0 Å². The van der Waals surface area contributed by atoms with Gasteiger partial charge in [0.15, 0.2) is 5.96 Å². The molecule has 0 aliphatic carbocycles. The molecule has 0 saturated carbocycles. The predicted octanol–water partition coefficient (Wildman–Crippen LogP) is 3.60. The first-order valence-electron chi connectivity index (χ1n) is 9.83. The van der Waals surface area contributed by atoms with Crippen molar-refractivity contribution < 1.29 is 9.84 Å². The van der Waals surface area contributed by atoms with E-state index >= 15 is 0 Å². The zero-order chi connectivity index (χ0) is 21.0. The van der Waals surface area contributed by atoms with E-state index in [9.17, 15) is 5.11 Å². The van der Waals surface area contributed by atoms with Crippen LogP contribution in [0.1, 0.15) is 12.5 Å². The first-order valence-corrected chi connectivity index (χ1v) is 10.2. The summed E-state index contributed by atoms with van der Waals surface area (Å²) >= 11 is 6.24. The van der Waals surface area contributed by atoms with E-state index in [1.807, 2.05) is 53.1 Å². The van der Waals surface area contributed by atoms with Crippen molar-refractivity contribution in [2.24, 2.45) is 0 Å². The number of para-hydroxylation sites is 2. The molecule has 7 heteroatoms. The Labute approximate surface area is 177 Å². The summed E-state index contributed by atoms with van der Waals surface area (Å²) in [5, 5.41) is 19.5. The summed E-state index contributed by atoms with van der Waals surface area (Å²) in [6, 6.07) is 13.7. The van der Waals surface area contributed by atoms with Gasteiger partial charge in [-0.2, -0.15) is 0 Å². The Hall–Kier alpha value is -2.44. The molecule has 1 aliphatic heterocycles. The molecule has 156 valence electrons. The molecular weight excluding hydrogens is 388 g/mol. The number of anilines is 2. The van der Waals surface area contributed by atoms with E-state index in [0.717, 1.165) is 35.8 Å². The summed E-state index contributed by atoms with van der Waals surface area (Å²) in [6.07, 6.45) is -0.565. The van der Waals surface area contributed by atoms with Crippen molar-refractivity contribution in [3.8, 4) is 5.75 Å². The molecule has 2 N–H and O–H groups in total. The van der Waals surface area contributed by atoms with Gasteiger partial charge in [-0.15, -0.1) is 0 Å². The maximum absolute atomic E-state index is 10.0. The Kier molecular flexibility index (Phi) is 6.87. The van der Waals surface area contributed by atoms with Crippen molar-refractivity contribution in [2.75, 3.05) is 49.6 Å². The third-order valence-electron chi connectivity index (χ3n) is 5.05. The van der Waals surface area contributed by atoms with Gasteiger partial charge in [-0.25, -0.2) is 0 Å². The fourth-order valence-corrected chi connectivity index (χ4v) is 3.96. The molecule has 6 nitrogen and oxygen atoms in total. The number of aliphatic hydroxyl groups excluding tert-OH is 1. The second-order valence-corrected chi connectivity index (χ2v) is 7.85.